The van der Waals surface area contributed by atoms with E-state index in [-0.39, 0.29) is 0 Å². The van der Waals surface area contributed by atoms with Gasteiger partial charge in [-0.05, 0) is 36.7 Å². The molecule has 3 rings (SSSR count). The van der Waals surface area contributed by atoms with Crippen LogP contribution in [0, 0.1) is 11.8 Å². The quantitative estimate of drug-likeness (QED) is 0.840. The molecule has 17 heavy (non-hydrogen) atoms. The Morgan fingerprint density at radius 1 is 1.18 bits per heavy atom. The van der Waals surface area contributed by atoms with Gasteiger partial charge in [-0.3, -0.25) is 4.90 Å². The Balaban J connectivity index is 1.67. The van der Waals surface area contributed by atoms with Gasteiger partial charge >= 0.3 is 0 Å². The molecule has 3 unspecified atom stereocenters. The fraction of sp³-hybridized carbons (Fsp3) is 0.600. The zero-order valence-corrected chi connectivity index (χ0v) is 10.4. The van der Waals surface area contributed by atoms with Gasteiger partial charge in [0.05, 0.1) is 0 Å². The standard InChI is InChI=1S/C15H22N2/c16-8-9-17(11-12-4-2-1-3-5-12)15-7-6-13-10-14(13)15/h1-5,13-15H,6-11,16H2. The van der Waals surface area contributed by atoms with E-state index < -0.39 is 0 Å². The fourth-order valence-electron chi connectivity index (χ4n) is 3.47. The van der Waals surface area contributed by atoms with Crippen LogP contribution >= 0.6 is 0 Å². The van der Waals surface area contributed by atoms with E-state index in [1.165, 1.54) is 24.8 Å². The molecule has 2 aliphatic rings. The molecule has 0 radical (unpaired) electrons. The third-order valence-corrected chi connectivity index (χ3v) is 4.42. The summed E-state index contributed by atoms with van der Waals surface area (Å²) in [5.41, 5.74) is 7.19. The average molecular weight is 230 g/mol. The largest absolute Gasteiger partial charge is 0.329 e. The minimum Gasteiger partial charge on any atom is -0.329 e. The van der Waals surface area contributed by atoms with Crippen LogP contribution in [0.25, 0.3) is 0 Å². The van der Waals surface area contributed by atoms with E-state index in [0.29, 0.717) is 0 Å². The summed E-state index contributed by atoms with van der Waals surface area (Å²) in [6.07, 6.45) is 4.31. The summed E-state index contributed by atoms with van der Waals surface area (Å²) in [5.74, 6) is 2.04. The van der Waals surface area contributed by atoms with Crippen molar-refractivity contribution in [1.29, 1.82) is 0 Å². The molecular formula is C15H22N2. The number of nitrogens with two attached hydrogens (primary N) is 1. The van der Waals surface area contributed by atoms with Gasteiger partial charge in [-0.25, -0.2) is 0 Å². The van der Waals surface area contributed by atoms with E-state index in [9.17, 15) is 0 Å². The number of fused-ring (bicyclic) bond motifs is 1. The Bertz CT molecular complexity index is 362. The van der Waals surface area contributed by atoms with E-state index in [0.717, 1.165) is 37.5 Å². The Labute approximate surface area is 104 Å². The Hall–Kier alpha value is -0.860. The minimum atomic E-state index is 0.778. The van der Waals surface area contributed by atoms with Crippen molar-refractivity contribution in [3.63, 3.8) is 0 Å². The molecule has 0 aromatic heterocycles. The van der Waals surface area contributed by atoms with Crippen LogP contribution in [0.2, 0.25) is 0 Å². The molecule has 1 aromatic rings. The molecule has 2 aliphatic carbocycles. The van der Waals surface area contributed by atoms with Crippen molar-refractivity contribution in [3.05, 3.63) is 35.9 Å². The van der Waals surface area contributed by atoms with Crippen LogP contribution in [0.3, 0.4) is 0 Å². The van der Waals surface area contributed by atoms with Gasteiger partial charge in [0, 0.05) is 25.7 Å². The van der Waals surface area contributed by atoms with Gasteiger partial charge in [0.1, 0.15) is 0 Å². The molecule has 2 heteroatoms. The predicted octanol–water partition coefficient (Wildman–Crippen LogP) is 2.25. The van der Waals surface area contributed by atoms with Crippen LogP contribution in [0.15, 0.2) is 30.3 Å². The van der Waals surface area contributed by atoms with Crippen molar-refractivity contribution in [2.75, 3.05) is 13.1 Å². The second-order valence-electron chi connectivity index (χ2n) is 5.55. The van der Waals surface area contributed by atoms with E-state index >= 15 is 0 Å². The third-order valence-electron chi connectivity index (χ3n) is 4.42. The zero-order chi connectivity index (χ0) is 11.7. The number of rotatable bonds is 5. The van der Waals surface area contributed by atoms with Crippen LogP contribution in [0.4, 0.5) is 0 Å². The van der Waals surface area contributed by atoms with Crippen LogP contribution in [-0.4, -0.2) is 24.0 Å². The van der Waals surface area contributed by atoms with Crippen LogP contribution in [-0.2, 0) is 6.54 Å². The molecule has 0 heterocycles. The molecule has 0 amide bonds. The molecule has 0 saturated heterocycles. The van der Waals surface area contributed by atoms with Crippen LogP contribution < -0.4 is 5.73 Å². The molecule has 0 aliphatic heterocycles. The molecule has 2 fully saturated rings. The number of hydrogen-bond donors (Lipinski definition) is 1. The smallest absolute Gasteiger partial charge is 0.0237 e. The lowest BCUT2D eigenvalue weighted by Crippen LogP contribution is -2.38. The lowest BCUT2D eigenvalue weighted by molar-refractivity contribution is 0.177. The summed E-state index contributed by atoms with van der Waals surface area (Å²) in [5, 5.41) is 0. The molecule has 0 bridgehead atoms. The summed E-state index contributed by atoms with van der Waals surface area (Å²) in [6, 6.07) is 11.6. The molecule has 2 saturated carbocycles. The van der Waals surface area contributed by atoms with E-state index in [1.807, 2.05) is 0 Å². The van der Waals surface area contributed by atoms with E-state index in [2.05, 4.69) is 35.2 Å². The third kappa shape index (κ3) is 2.38. The second kappa shape index (κ2) is 4.79. The van der Waals surface area contributed by atoms with Gasteiger partial charge < -0.3 is 5.73 Å². The normalized spacial score (nSPS) is 30.6. The highest BCUT2D eigenvalue weighted by Gasteiger charge is 2.49. The monoisotopic (exact) mass is 230 g/mol. The van der Waals surface area contributed by atoms with Crippen molar-refractivity contribution >= 4 is 0 Å². The lowest BCUT2D eigenvalue weighted by atomic mass is 10.1. The molecule has 3 atom stereocenters. The van der Waals surface area contributed by atoms with Gasteiger partial charge in [-0.2, -0.15) is 0 Å². The van der Waals surface area contributed by atoms with Crippen molar-refractivity contribution in [2.45, 2.75) is 31.8 Å². The molecule has 0 spiro atoms. The summed E-state index contributed by atoms with van der Waals surface area (Å²) in [4.78, 5) is 2.62. The van der Waals surface area contributed by atoms with Crippen molar-refractivity contribution in [2.24, 2.45) is 17.6 Å². The maximum absolute atomic E-state index is 5.77. The molecule has 2 N–H and O–H groups in total. The first-order valence-corrected chi connectivity index (χ1v) is 6.86. The second-order valence-corrected chi connectivity index (χ2v) is 5.55. The van der Waals surface area contributed by atoms with Crippen molar-refractivity contribution in [3.8, 4) is 0 Å². The highest BCUT2D eigenvalue weighted by atomic mass is 15.2. The summed E-state index contributed by atoms with van der Waals surface area (Å²) in [6.45, 7) is 2.90. The molecular weight excluding hydrogens is 208 g/mol. The predicted molar refractivity (Wildman–Crippen MR) is 70.5 cm³/mol. The number of nitrogens with zero attached hydrogens (tertiary/aromatic N) is 1. The Morgan fingerprint density at radius 2 is 2.00 bits per heavy atom. The van der Waals surface area contributed by atoms with E-state index in [1.54, 1.807) is 0 Å². The Kier molecular flexibility index (Phi) is 3.17. The average Bonchev–Trinajstić information content (AvgIpc) is 3.02. The topological polar surface area (TPSA) is 29.3 Å². The highest BCUT2D eigenvalue weighted by molar-refractivity contribution is 5.15. The van der Waals surface area contributed by atoms with E-state index in [4.69, 9.17) is 5.73 Å². The molecule has 1 aromatic carbocycles. The van der Waals surface area contributed by atoms with Gasteiger partial charge in [0.2, 0.25) is 0 Å². The first-order chi connectivity index (χ1) is 8.38. The lowest BCUT2D eigenvalue weighted by Gasteiger charge is -2.29. The summed E-state index contributed by atoms with van der Waals surface area (Å²) in [7, 11) is 0. The zero-order valence-electron chi connectivity index (χ0n) is 10.4. The van der Waals surface area contributed by atoms with Gasteiger partial charge in [0.25, 0.3) is 0 Å². The SMILES string of the molecule is NCCN(Cc1ccccc1)C1CCC2CC21. The fourth-order valence-corrected chi connectivity index (χ4v) is 3.47. The summed E-state index contributed by atoms with van der Waals surface area (Å²) < 4.78 is 0. The first kappa shape index (κ1) is 11.2. The first-order valence-electron chi connectivity index (χ1n) is 6.86. The van der Waals surface area contributed by atoms with Crippen LogP contribution in [0.1, 0.15) is 24.8 Å². The summed E-state index contributed by atoms with van der Waals surface area (Å²) >= 11 is 0. The van der Waals surface area contributed by atoms with Crippen molar-refractivity contribution < 1.29 is 0 Å². The number of hydrogen-bond acceptors (Lipinski definition) is 2. The van der Waals surface area contributed by atoms with Gasteiger partial charge in [-0.1, -0.05) is 30.3 Å². The number of benzene rings is 1. The Morgan fingerprint density at radius 3 is 2.59 bits per heavy atom. The van der Waals surface area contributed by atoms with Gasteiger partial charge in [0.15, 0.2) is 0 Å². The molecule has 2 nitrogen and oxygen atoms in total. The highest BCUT2D eigenvalue weighted by Crippen LogP contribution is 2.53. The maximum Gasteiger partial charge on any atom is 0.0237 e. The van der Waals surface area contributed by atoms with Gasteiger partial charge in [-0.15, -0.1) is 0 Å². The minimum absolute atomic E-state index is 0.778. The van der Waals surface area contributed by atoms with Crippen LogP contribution in [0.5, 0.6) is 0 Å². The maximum atomic E-state index is 5.77. The van der Waals surface area contributed by atoms with Crippen molar-refractivity contribution in [1.82, 2.24) is 4.90 Å². The molecule has 92 valence electrons.